The first-order valence-corrected chi connectivity index (χ1v) is 10.2. The Hall–Kier alpha value is -2.12. The molecule has 7 heteroatoms. The monoisotopic (exact) mass is 386 g/mol. The number of rotatable bonds is 7. The lowest BCUT2D eigenvalue weighted by molar-refractivity contribution is 0.0746. The second kappa shape index (κ2) is 8.92. The number of hydrogen-bond acceptors (Lipinski definition) is 4. The van der Waals surface area contributed by atoms with Gasteiger partial charge in [0.1, 0.15) is 5.69 Å². The molecule has 0 aromatic carbocycles. The van der Waals surface area contributed by atoms with E-state index >= 15 is 0 Å². The number of nitrogens with zero attached hydrogens (tertiary/aromatic N) is 5. The summed E-state index contributed by atoms with van der Waals surface area (Å²) in [4.78, 5) is 21.9. The Morgan fingerprint density at radius 1 is 1.32 bits per heavy atom. The van der Waals surface area contributed by atoms with Crippen LogP contribution in [-0.4, -0.2) is 76.1 Å². The maximum atomic E-state index is 12.1. The lowest BCUT2D eigenvalue weighted by Crippen LogP contribution is -2.42. The van der Waals surface area contributed by atoms with Gasteiger partial charge in [0.05, 0.1) is 6.20 Å². The molecule has 0 radical (unpaired) electrons. The van der Waals surface area contributed by atoms with Gasteiger partial charge in [-0.05, 0) is 51.0 Å². The summed E-state index contributed by atoms with van der Waals surface area (Å²) in [6, 6.07) is 4.32. The van der Waals surface area contributed by atoms with Crippen LogP contribution in [0.1, 0.15) is 47.6 Å². The van der Waals surface area contributed by atoms with E-state index in [2.05, 4.69) is 40.1 Å². The van der Waals surface area contributed by atoms with E-state index in [1.54, 1.807) is 19.0 Å². The molecule has 1 N–H and O–H groups in total. The smallest absolute Gasteiger partial charge is 0.269 e. The lowest BCUT2D eigenvalue weighted by Gasteiger charge is -2.42. The molecule has 0 aliphatic carbocycles. The number of carbonyl (C=O) groups excluding carboxylic acids is 1. The van der Waals surface area contributed by atoms with Crippen LogP contribution in [0.5, 0.6) is 0 Å². The van der Waals surface area contributed by atoms with Crippen molar-refractivity contribution in [2.24, 2.45) is 13.0 Å². The quantitative estimate of drug-likeness (QED) is 0.794. The molecule has 2 atom stereocenters. The number of carbonyl (C=O) groups is 1. The Labute approximate surface area is 168 Å². The number of H-pyrrole nitrogens is 1. The van der Waals surface area contributed by atoms with Crippen molar-refractivity contribution < 1.29 is 4.79 Å². The van der Waals surface area contributed by atoms with Crippen molar-refractivity contribution in [3.8, 4) is 0 Å². The minimum atomic E-state index is 0.0106. The van der Waals surface area contributed by atoms with Crippen molar-refractivity contribution in [1.29, 1.82) is 0 Å². The molecule has 0 unspecified atom stereocenters. The maximum absolute atomic E-state index is 12.1. The highest BCUT2D eigenvalue weighted by Gasteiger charge is 2.33. The highest BCUT2D eigenvalue weighted by molar-refractivity contribution is 5.92. The molecule has 2 aromatic heterocycles. The highest BCUT2D eigenvalue weighted by Crippen LogP contribution is 2.36. The van der Waals surface area contributed by atoms with Gasteiger partial charge in [-0.1, -0.05) is 6.92 Å². The molecule has 1 saturated heterocycles. The Morgan fingerprint density at radius 3 is 2.75 bits per heavy atom. The summed E-state index contributed by atoms with van der Waals surface area (Å²) in [5.74, 6) is 0.581. The molecule has 154 valence electrons. The summed E-state index contributed by atoms with van der Waals surface area (Å²) in [5.41, 5.74) is 3.05. The zero-order chi connectivity index (χ0) is 20.3. The second-order valence-electron chi connectivity index (χ2n) is 8.22. The summed E-state index contributed by atoms with van der Waals surface area (Å²) in [6.45, 7) is 6.29. The first-order valence-electron chi connectivity index (χ1n) is 10.2. The van der Waals surface area contributed by atoms with Crippen LogP contribution >= 0.6 is 0 Å². The fourth-order valence-corrected chi connectivity index (χ4v) is 4.43. The van der Waals surface area contributed by atoms with Crippen LogP contribution in [0.3, 0.4) is 0 Å². The summed E-state index contributed by atoms with van der Waals surface area (Å²) < 4.78 is 1.90. The number of aromatic amines is 1. The Kier molecular flexibility index (Phi) is 6.57. The van der Waals surface area contributed by atoms with Crippen molar-refractivity contribution in [3.05, 3.63) is 41.5 Å². The highest BCUT2D eigenvalue weighted by atomic mass is 16.2. The average molecular weight is 387 g/mol. The van der Waals surface area contributed by atoms with Gasteiger partial charge < -0.3 is 14.8 Å². The molecule has 3 rings (SSSR count). The summed E-state index contributed by atoms with van der Waals surface area (Å²) in [6.07, 6.45) is 6.66. The number of aryl methyl sites for hydroxylation is 1. The predicted octanol–water partition coefficient (Wildman–Crippen LogP) is 2.35. The van der Waals surface area contributed by atoms with Crippen LogP contribution in [0, 0.1) is 5.92 Å². The SMILES string of the molecule is CCN1CCC[C@@H](CN(C)Cc2ccc(C(=O)N(C)C)[nH]2)[C@@H]1c1cnn(C)c1. The zero-order valence-electron chi connectivity index (χ0n) is 17.9. The molecule has 1 aliphatic heterocycles. The third kappa shape index (κ3) is 4.64. The van der Waals surface area contributed by atoms with Gasteiger partial charge >= 0.3 is 0 Å². The first kappa shape index (κ1) is 20.6. The van der Waals surface area contributed by atoms with Gasteiger partial charge in [0.25, 0.3) is 5.91 Å². The molecule has 28 heavy (non-hydrogen) atoms. The topological polar surface area (TPSA) is 60.4 Å². The molecule has 2 aromatic rings. The Balaban J connectivity index is 1.67. The molecular formula is C21H34N6O. The number of nitrogens with one attached hydrogen (secondary N) is 1. The Morgan fingerprint density at radius 2 is 2.11 bits per heavy atom. The zero-order valence-corrected chi connectivity index (χ0v) is 17.9. The van der Waals surface area contributed by atoms with E-state index in [9.17, 15) is 4.79 Å². The minimum Gasteiger partial charge on any atom is -0.353 e. The van der Waals surface area contributed by atoms with Crippen molar-refractivity contribution in [2.45, 2.75) is 32.4 Å². The Bertz CT molecular complexity index is 779. The molecular weight excluding hydrogens is 352 g/mol. The third-order valence-corrected chi connectivity index (χ3v) is 5.70. The van der Waals surface area contributed by atoms with Crippen LogP contribution in [0.2, 0.25) is 0 Å². The van der Waals surface area contributed by atoms with E-state index < -0.39 is 0 Å². The number of piperidine rings is 1. The van der Waals surface area contributed by atoms with E-state index in [4.69, 9.17) is 0 Å². The van der Waals surface area contributed by atoms with Crippen LogP contribution in [0.25, 0.3) is 0 Å². The number of amides is 1. The summed E-state index contributed by atoms with van der Waals surface area (Å²) in [7, 11) is 7.70. The maximum Gasteiger partial charge on any atom is 0.269 e. The van der Waals surface area contributed by atoms with Crippen LogP contribution < -0.4 is 0 Å². The largest absolute Gasteiger partial charge is 0.353 e. The predicted molar refractivity (Wildman–Crippen MR) is 111 cm³/mol. The minimum absolute atomic E-state index is 0.0106. The van der Waals surface area contributed by atoms with Gasteiger partial charge in [0.2, 0.25) is 0 Å². The molecule has 1 fully saturated rings. The van der Waals surface area contributed by atoms with Gasteiger partial charge in [0, 0.05) is 57.7 Å². The van der Waals surface area contributed by atoms with Crippen LogP contribution in [0.4, 0.5) is 0 Å². The van der Waals surface area contributed by atoms with E-state index in [0.717, 1.165) is 31.9 Å². The fourth-order valence-electron chi connectivity index (χ4n) is 4.43. The molecule has 1 aliphatic rings. The normalized spacial score (nSPS) is 20.6. The van der Waals surface area contributed by atoms with Crippen molar-refractivity contribution in [1.82, 2.24) is 29.5 Å². The summed E-state index contributed by atoms with van der Waals surface area (Å²) >= 11 is 0. The number of likely N-dealkylation sites (tertiary alicyclic amines) is 1. The molecule has 1 amide bonds. The van der Waals surface area contributed by atoms with E-state index in [0.29, 0.717) is 17.7 Å². The van der Waals surface area contributed by atoms with Gasteiger partial charge in [-0.25, -0.2) is 0 Å². The number of aromatic nitrogens is 3. The van der Waals surface area contributed by atoms with Gasteiger partial charge in [-0.2, -0.15) is 5.10 Å². The summed E-state index contributed by atoms with van der Waals surface area (Å²) in [5, 5.41) is 4.41. The molecule has 0 spiro atoms. The van der Waals surface area contributed by atoms with E-state index in [1.165, 1.54) is 18.4 Å². The van der Waals surface area contributed by atoms with Gasteiger partial charge in [0.15, 0.2) is 0 Å². The molecule has 3 heterocycles. The molecule has 0 saturated carbocycles. The number of hydrogen-bond donors (Lipinski definition) is 1. The molecule has 0 bridgehead atoms. The fraction of sp³-hybridized carbons (Fsp3) is 0.619. The third-order valence-electron chi connectivity index (χ3n) is 5.70. The van der Waals surface area contributed by atoms with E-state index in [-0.39, 0.29) is 5.91 Å². The molecule has 7 nitrogen and oxygen atoms in total. The standard InChI is InChI=1S/C21H34N6O/c1-6-27-11-7-8-16(20(27)17-12-22-26(5)14-17)13-25(4)15-18-9-10-19(23-18)21(28)24(2)3/h9-10,12,14,16,20,23H,6-8,11,13,15H2,1-5H3/t16-,20+/m0/s1. The van der Waals surface area contributed by atoms with Crippen molar-refractivity contribution in [2.75, 3.05) is 40.8 Å². The lowest BCUT2D eigenvalue weighted by atomic mass is 9.85. The van der Waals surface area contributed by atoms with Crippen LogP contribution in [-0.2, 0) is 13.6 Å². The van der Waals surface area contributed by atoms with E-state index in [1.807, 2.05) is 30.1 Å². The van der Waals surface area contributed by atoms with Gasteiger partial charge in [-0.3, -0.25) is 14.4 Å². The van der Waals surface area contributed by atoms with Crippen molar-refractivity contribution in [3.63, 3.8) is 0 Å². The van der Waals surface area contributed by atoms with Gasteiger partial charge in [-0.15, -0.1) is 0 Å². The second-order valence-corrected chi connectivity index (χ2v) is 8.22. The first-order chi connectivity index (χ1) is 13.4. The average Bonchev–Trinajstić information content (AvgIpc) is 3.29. The van der Waals surface area contributed by atoms with Crippen molar-refractivity contribution >= 4 is 5.91 Å². The van der Waals surface area contributed by atoms with Crippen LogP contribution in [0.15, 0.2) is 24.5 Å².